The van der Waals surface area contributed by atoms with Crippen molar-refractivity contribution in [2.24, 2.45) is 0 Å². The number of nitrogens with zero attached hydrogens (tertiary/aromatic N) is 2. The molecule has 0 amide bonds. The second-order valence-corrected chi connectivity index (χ2v) is 19.7. The minimum Gasteiger partial charge on any atom is -0.237 e. The molecule has 8 aromatic carbocycles. The van der Waals surface area contributed by atoms with Crippen molar-refractivity contribution < 1.29 is 0 Å². The van der Waals surface area contributed by atoms with Crippen LogP contribution in [0.25, 0.3) is 89.4 Å². The summed E-state index contributed by atoms with van der Waals surface area (Å²) in [4.78, 5) is 10.7. The largest absolute Gasteiger partial charge is 0.237 e. The van der Waals surface area contributed by atoms with Crippen molar-refractivity contribution in [1.82, 2.24) is 9.97 Å². The summed E-state index contributed by atoms with van der Waals surface area (Å²) in [6.45, 7) is 4.84. The van der Waals surface area contributed by atoms with Crippen molar-refractivity contribution in [3.8, 4) is 89.4 Å². The predicted octanol–water partition coefficient (Wildman–Crippen LogP) is 12.9. The van der Waals surface area contributed by atoms with E-state index in [4.69, 9.17) is 9.97 Å². The lowest BCUT2D eigenvalue weighted by Gasteiger charge is -2.19. The van der Waals surface area contributed by atoms with Gasteiger partial charge in [-0.2, -0.15) is 0 Å². The maximum Gasteiger partial charge on any atom is 0.159 e. The van der Waals surface area contributed by atoms with E-state index in [2.05, 4.69) is 219 Å². The van der Waals surface area contributed by atoms with Crippen LogP contribution in [0, 0.1) is 0 Å². The first-order valence-electron chi connectivity index (χ1n) is 19.6. The lowest BCUT2D eigenvalue weighted by molar-refractivity contribution is 1.21. The number of hydrogen-bond donors (Lipinski definition) is 0. The molecule has 1 aliphatic heterocycles. The zero-order chi connectivity index (χ0) is 38.3. The summed E-state index contributed by atoms with van der Waals surface area (Å²) in [6, 6.07) is 74.2. The van der Waals surface area contributed by atoms with Crippen molar-refractivity contribution in [2.75, 3.05) is 0 Å². The summed E-state index contributed by atoms with van der Waals surface area (Å²) < 4.78 is 0. The summed E-state index contributed by atoms with van der Waals surface area (Å²) in [6.07, 6.45) is 0. The van der Waals surface area contributed by atoms with E-state index in [0.29, 0.717) is 0 Å². The highest BCUT2D eigenvalue weighted by Gasteiger charge is 2.41. The van der Waals surface area contributed by atoms with Gasteiger partial charge in [0.2, 0.25) is 0 Å². The van der Waals surface area contributed by atoms with E-state index >= 15 is 0 Å². The van der Waals surface area contributed by atoms with Crippen LogP contribution >= 0.6 is 0 Å². The Labute approximate surface area is 335 Å². The number of fused-ring (bicyclic) bond motifs is 3. The van der Waals surface area contributed by atoms with Gasteiger partial charge in [-0.25, -0.2) is 9.97 Å². The van der Waals surface area contributed by atoms with Crippen molar-refractivity contribution in [3.63, 3.8) is 0 Å². The molecule has 0 spiro atoms. The lowest BCUT2D eigenvalue weighted by atomic mass is 9.92. The number of hydrogen-bond acceptors (Lipinski definition) is 2. The summed E-state index contributed by atoms with van der Waals surface area (Å²) in [5.74, 6) is 0.779. The first kappa shape index (κ1) is 34.5. The monoisotopic (exact) mass is 744 g/mol. The zero-order valence-corrected chi connectivity index (χ0v) is 33.0. The maximum atomic E-state index is 5.41. The fourth-order valence-electron chi connectivity index (χ4n) is 8.44. The molecule has 2 nitrogen and oxygen atoms in total. The van der Waals surface area contributed by atoms with Crippen LogP contribution in [0.2, 0.25) is 13.1 Å². The van der Waals surface area contributed by atoms with E-state index in [1.54, 1.807) is 0 Å². The van der Waals surface area contributed by atoms with Gasteiger partial charge in [0.05, 0.1) is 5.69 Å². The highest BCUT2D eigenvalue weighted by Crippen LogP contribution is 2.38. The molecule has 10 rings (SSSR count). The van der Waals surface area contributed by atoms with Gasteiger partial charge < -0.3 is 0 Å². The first-order valence-corrected chi connectivity index (χ1v) is 22.6. The number of aromatic nitrogens is 2. The van der Waals surface area contributed by atoms with E-state index < -0.39 is 8.07 Å². The maximum absolute atomic E-state index is 5.41. The molecule has 1 aromatic heterocycles. The molecule has 270 valence electrons. The molecule has 0 saturated carbocycles. The van der Waals surface area contributed by atoms with E-state index in [0.717, 1.165) is 33.8 Å². The van der Waals surface area contributed by atoms with E-state index in [1.165, 1.54) is 66.1 Å². The van der Waals surface area contributed by atoms with Crippen LogP contribution in [-0.2, 0) is 0 Å². The standard InChI is InChI=1S/C54H40N2Si/c1-57(2)50-27-13-12-26-49(50)51-52(41-20-10-5-11-21-41)55-53(56-54(51)57)45-25-15-24-44(33-45)43-23-14-22-42(32-43)39-28-30-40(31-29-39)48-35-46(37-16-6-3-7-17-37)34-47(36-48)38-18-8-4-9-19-38/h3-36H,1-2H3. The van der Waals surface area contributed by atoms with Gasteiger partial charge in [-0.15, -0.1) is 0 Å². The quantitative estimate of drug-likeness (QED) is 0.152. The molecular formula is C54H40N2Si. The second-order valence-electron chi connectivity index (χ2n) is 15.4. The molecule has 0 radical (unpaired) electrons. The minimum absolute atomic E-state index is 0.779. The predicted molar refractivity (Wildman–Crippen MR) is 242 cm³/mol. The summed E-state index contributed by atoms with van der Waals surface area (Å²) in [5.41, 5.74) is 17.5. The molecule has 0 unspecified atom stereocenters. The summed E-state index contributed by atoms with van der Waals surface area (Å²) in [7, 11) is -2.05. The third-order valence-electron chi connectivity index (χ3n) is 11.4. The highest BCUT2D eigenvalue weighted by molar-refractivity contribution is 7.03. The third-order valence-corrected chi connectivity index (χ3v) is 14.8. The van der Waals surface area contributed by atoms with Crippen LogP contribution < -0.4 is 10.5 Å². The molecular weight excluding hydrogens is 705 g/mol. The first-order chi connectivity index (χ1) is 28.0. The second kappa shape index (κ2) is 14.3. The van der Waals surface area contributed by atoms with Crippen molar-refractivity contribution >= 4 is 18.6 Å². The van der Waals surface area contributed by atoms with Gasteiger partial charge in [-0.1, -0.05) is 189 Å². The van der Waals surface area contributed by atoms with Gasteiger partial charge in [0.15, 0.2) is 5.82 Å². The van der Waals surface area contributed by atoms with Gasteiger partial charge in [-0.3, -0.25) is 0 Å². The molecule has 57 heavy (non-hydrogen) atoms. The molecule has 0 atom stereocenters. The highest BCUT2D eigenvalue weighted by atomic mass is 28.3. The van der Waals surface area contributed by atoms with Gasteiger partial charge in [0.1, 0.15) is 8.07 Å². The Morgan fingerprint density at radius 2 is 0.702 bits per heavy atom. The van der Waals surface area contributed by atoms with Crippen LogP contribution in [-0.4, -0.2) is 18.0 Å². The molecule has 0 N–H and O–H groups in total. The van der Waals surface area contributed by atoms with Crippen molar-refractivity contribution in [3.05, 3.63) is 206 Å². The Bertz CT molecular complexity index is 2840. The van der Waals surface area contributed by atoms with E-state index in [9.17, 15) is 0 Å². The Morgan fingerprint density at radius 1 is 0.316 bits per heavy atom. The molecule has 9 aromatic rings. The van der Waals surface area contributed by atoms with Gasteiger partial charge in [0.25, 0.3) is 0 Å². The molecule has 0 saturated heterocycles. The van der Waals surface area contributed by atoms with E-state index in [1.807, 2.05) is 0 Å². The molecule has 1 aliphatic rings. The molecule has 2 heterocycles. The molecule has 3 heteroatoms. The molecule has 0 fully saturated rings. The van der Waals surface area contributed by atoms with Gasteiger partial charge >= 0.3 is 0 Å². The average molecular weight is 745 g/mol. The Morgan fingerprint density at radius 3 is 1.26 bits per heavy atom. The molecule has 0 bridgehead atoms. The molecule has 0 aliphatic carbocycles. The topological polar surface area (TPSA) is 25.8 Å². The third kappa shape index (κ3) is 6.42. The summed E-state index contributed by atoms with van der Waals surface area (Å²) in [5, 5.41) is 2.64. The average Bonchev–Trinajstić information content (AvgIpc) is 3.52. The van der Waals surface area contributed by atoms with Crippen LogP contribution in [0.4, 0.5) is 0 Å². The SMILES string of the molecule is C[Si]1(C)c2ccccc2-c2c(-c3ccccc3)nc(-c3cccc(-c4cccc(-c5ccc(-c6cc(-c7ccccc7)cc(-c7ccccc7)c6)cc5)c4)c3)nc21. The smallest absolute Gasteiger partial charge is 0.159 e. The normalized spacial score (nSPS) is 12.5. The fraction of sp³-hybridized carbons (Fsp3) is 0.0370. The van der Waals surface area contributed by atoms with Crippen LogP contribution in [0.5, 0.6) is 0 Å². The van der Waals surface area contributed by atoms with Crippen molar-refractivity contribution in [1.29, 1.82) is 0 Å². The number of rotatable bonds is 7. The lowest BCUT2D eigenvalue weighted by Crippen LogP contribution is -2.50. The number of benzene rings is 8. The minimum atomic E-state index is -2.05. The van der Waals surface area contributed by atoms with Crippen LogP contribution in [0.15, 0.2) is 206 Å². The van der Waals surface area contributed by atoms with Crippen molar-refractivity contribution in [2.45, 2.75) is 13.1 Å². The fourth-order valence-corrected chi connectivity index (χ4v) is 11.3. The van der Waals surface area contributed by atoms with Gasteiger partial charge in [-0.05, 0) is 96.7 Å². The van der Waals surface area contributed by atoms with E-state index in [-0.39, 0.29) is 0 Å². The van der Waals surface area contributed by atoms with Gasteiger partial charge in [0, 0.05) is 22.0 Å². The Balaban J connectivity index is 0.994. The zero-order valence-electron chi connectivity index (χ0n) is 32.0. The van der Waals surface area contributed by atoms with Crippen LogP contribution in [0.1, 0.15) is 0 Å². The Kier molecular flexibility index (Phi) is 8.66. The summed E-state index contributed by atoms with van der Waals surface area (Å²) >= 11 is 0. The van der Waals surface area contributed by atoms with Crippen LogP contribution in [0.3, 0.4) is 0 Å². The Hall–Kier alpha value is -6.94.